The maximum absolute atomic E-state index is 13.0. The van der Waals surface area contributed by atoms with Gasteiger partial charge in [-0.25, -0.2) is 0 Å². The highest BCUT2D eigenvalue weighted by Gasteiger charge is 2.30. The highest BCUT2D eigenvalue weighted by Crippen LogP contribution is 2.41. The van der Waals surface area contributed by atoms with Crippen molar-refractivity contribution in [1.29, 1.82) is 0 Å². The maximum Gasteiger partial charge on any atom is 0.254 e. The first-order valence-electron chi connectivity index (χ1n) is 9.67. The van der Waals surface area contributed by atoms with Gasteiger partial charge in [-0.15, -0.1) is 0 Å². The Balaban J connectivity index is 1.44. The average Bonchev–Trinajstić information content (AvgIpc) is 2.78. The zero-order chi connectivity index (χ0) is 19.5. The molecule has 2 heterocycles. The van der Waals surface area contributed by atoms with Crippen molar-refractivity contribution < 1.29 is 24.1 Å². The Bertz CT molecular complexity index is 813. The van der Waals surface area contributed by atoms with Gasteiger partial charge in [0.05, 0.1) is 13.2 Å². The summed E-state index contributed by atoms with van der Waals surface area (Å²) in [6, 6.07) is 13.1. The Morgan fingerprint density at radius 3 is 2.57 bits per heavy atom. The fourth-order valence-corrected chi connectivity index (χ4v) is 3.92. The van der Waals surface area contributed by atoms with Crippen molar-refractivity contribution in [3.8, 4) is 17.2 Å². The lowest BCUT2D eigenvalue weighted by Crippen LogP contribution is -2.39. The van der Waals surface area contributed by atoms with E-state index in [0.29, 0.717) is 49.1 Å². The van der Waals surface area contributed by atoms with Gasteiger partial charge >= 0.3 is 0 Å². The molecule has 2 aliphatic rings. The molecule has 0 aromatic heterocycles. The normalized spacial score (nSPS) is 17.9. The molecule has 4 rings (SSSR count). The predicted molar refractivity (Wildman–Crippen MR) is 104 cm³/mol. The molecule has 0 saturated carbocycles. The van der Waals surface area contributed by atoms with Crippen LogP contribution in [0.25, 0.3) is 0 Å². The molecule has 2 aromatic rings. The zero-order valence-corrected chi connectivity index (χ0v) is 16.0. The summed E-state index contributed by atoms with van der Waals surface area (Å²) in [6.45, 7) is 2.15. The third kappa shape index (κ3) is 3.64. The fourth-order valence-electron chi connectivity index (χ4n) is 3.92. The van der Waals surface area contributed by atoms with E-state index in [2.05, 4.69) is 0 Å². The number of aliphatic hydroxyl groups excluding tert-OH is 1. The standard InChI is InChI=1S/C22H25NO5/c1-26-18-13-17(14-19-21(18)28-12-11-27-19)22(25)23-9-7-16(8-10-23)20(24)15-5-3-2-4-6-15/h2-6,13-14,16,20,24H,7-12H2,1H3. The number of benzene rings is 2. The van der Waals surface area contributed by atoms with Gasteiger partial charge in [0.15, 0.2) is 11.5 Å². The number of carbonyl (C=O) groups is 1. The van der Waals surface area contributed by atoms with E-state index >= 15 is 0 Å². The van der Waals surface area contributed by atoms with Crippen LogP contribution in [-0.4, -0.2) is 49.3 Å². The van der Waals surface area contributed by atoms with E-state index in [4.69, 9.17) is 14.2 Å². The summed E-state index contributed by atoms with van der Waals surface area (Å²) in [4.78, 5) is 14.8. The number of aliphatic hydroxyl groups is 1. The largest absolute Gasteiger partial charge is 0.493 e. The van der Waals surface area contributed by atoms with E-state index in [1.54, 1.807) is 19.2 Å². The molecule has 2 aromatic carbocycles. The van der Waals surface area contributed by atoms with Gasteiger partial charge in [0.1, 0.15) is 13.2 Å². The Labute approximate surface area is 164 Å². The second kappa shape index (κ2) is 8.10. The molecule has 1 fully saturated rings. The van der Waals surface area contributed by atoms with E-state index < -0.39 is 6.10 Å². The topological polar surface area (TPSA) is 68.2 Å². The Morgan fingerprint density at radius 1 is 1.14 bits per heavy atom. The summed E-state index contributed by atoms with van der Waals surface area (Å²) >= 11 is 0. The van der Waals surface area contributed by atoms with Crippen LogP contribution in [0.4, 0.5) is 0 Å². The van der Waals surface area contributed by atoms with E-state index in [1.807, 2.05) is 35.2 Å². The number of amides is 1. The fraction of sp³-hybridized carbons (Fsp3) is 0.409. The molecular weight excluding hydrogens is 358 g/mol. The van der Waals surface area contributed by atoms with Gasteiger partial charge in [0, 0.05) is 18.7 Å². The quantitative estimate of drug-likeness (QED) is 0.879. The van der Waals surface area contributed by atoms with Crippen LogP contribution >= 0.6 is 0 Å². The first-order chi connectivity index (χ1) is 13.7. The van der Waals surface area contributed by atoms with Crippen molar-refractivity contribution in [2.24, 2.45) is 5.92 Å². The van der Waals surface area contributed by atoms with Crippen molar-refractivity contribution in [2.45, 2.75) is 18.9 Å². The molecule has 0 aliphatic carbocycles. The summed E-state index contributed by atoms with van der Waals surface area (Å²) in [5.74, 6) is 1.71. The van der Waals surface area contributed by atoms with Crippen LogP contribution in [0.1, 0.15) is 34.9 Å². The number of likely N-dealkylation sites (tertiary alicyclic amines) is 1. The smallest absolute Gasteiger partial charge is 0.254 e. The Kier molecular flexibility index (Phi) is 5.39. The van der Waals surface area contributed by atoms with Crippen LogP contribution in [0.2, 0.25) is 0 Å². The lowest BCUT2D eigenvalue weighted by Gasteiger charge is -2.34. The minimum atomic E-state index is -0.493. The number of fused-ring (bicyclic) bond motifs is 1. The first kappa shape index (κ1) is 18.6. The van der Waals surface area contributed by atoms with Crippen molar-refractivity contribution >= 4 is 5.91 Å². The van der Waals surface area contributed by atoms with Gasteiger partial charge in [-0.1, -0.05) is 30.3 Å². The molecule has 1 saturated heterocycles. The van der Waals surface area contributed by atoms with Crippen molar-refractivity contribution in [3.63, 3.8) is 0 Å². The third-order valence-electron chi connectivity index (χ3n) is 5.49. The van der Waals surface area contributed by atoms with Gasteiger partial charge in [-0.05, 0) is 36.5 Å². The second-order valence-electron chi connectivity index (χ2n) is 7.19. The van der Waals surface area contributed by atoms with Crippen molar-refractivity contribution in [2.75, 3.05) is 33.4 Å². The summed E-state index contributed by atoms with van der Waals surface area (Å²) in [5, 5.41) is 10.6. The molecule has 1 N–H and O–H groups in total. The molecule has 148 valence electrons. The Morgan fingerprint density at radius 2 is 1.86 bits per heavy atom. The number of carbonyl (C=O) groups excluding carboxylic acids is 1. The molecule has 0 radical (unpaired) electrons. The lowest BCUT2D eigenvalue weighted by molar-refractivity contribution is 0.0461. The number of hydrogen-bond donors (Lipinski definition) is 1. The number of piperidine rings is 1. The van der Waals surface area contributed by atoms with Crippen LogP contribution in [0.15, 0.2) is 42.5 Å². The molecular formula is C22H25NO5. The number of nitrogens with zero attached hydrogens (tertiary/aromatic N) is 1. The number of rotatable bonds is 4. The number of methoxy groups -OCH3 is 1. The predicted octanol–water partition coefficient (Wildman–Crippen LogP) is 3.05. The Hall–Kier alpha value is -2.73. The summed E-state index contributed by atoms with van der Waals surface area (Å²) in [6.07, 6.45) is 1.04. The van der Waals surface area contributed by atoms with Crippen LogP contribution in [0.5, 0.6) is 17.2 Å². The second-order valence-corrected chi connectivity index (χ2v) is 7.19. The molecule has 0 bridgehead atoms. The van der Waals surface area contributed by atoms with E-state index in [0.717, 1.165) is 18.4 Å². The van der Waals surface area contributed by atoms with Gasteiger partial charge in [0.25, 0.3) is 5.91 Å². The van der Waals surface area contributed by atoms with Gasteiger partial charge in [0.2, 0.25) is 5.75 Å². The van der Waals surface area contributed by atoms with E-state index in [9.17, 15) is 9.90 Å². The van der Waals surface area contributed by atoms with Gasteiger partial charge in [-0.3, -0.25) is 4.79 Å². The number of hydrogen-bond acceptors (Lipinski definition) is 5. The molecule has 1 atom stereocenters. The summed E-state index contributed by atoms with van der Waals surface area (Å²) < 4.78 is 16.6. The first-order valence-corrected chi connectivity index (χ1v) is 9.67. The van der Waals surface area contributed by atoms with Crippen molar-refractivity contribution in [1.82, 2.24) is 4.90 Å². The van der Waals surface area contributed by atoms with Gasteiger partial charge < -0.3 is 24.2 Å². The van der Waals surface area contributed by atoms with Crippen LogP contribution < -0.4 is 14.2 Å². The molecule has 0 spiro atoms. The average molecular weight is 383 g/mol. The van der Waals surface area contributed by atoms with Crippen molar-refractivity contribution in [3.05, 3.63) is 53.6 Å². The third-order valence-corrected chi connectivity index (χ3v) is 5.49. The summed E-state index contributed by atoms with van der Waals surface area (Å²) in [7, 11) is 1.55. The zero-order valence-electron chi connectivity index (χ0n) is 16.0. The number of ether oxygens (including phenoxy) is 3. The maximum atomic E-state index is 13.0. The molecule has 6 heteroatoms. The van der Waals surface area contributed by atoms with Crippen LogP contribution in [0.3, 0.4) is 0 Å². The molecule has 28 heavy (non-hydrogen) atoms. The van der Waals surface area contributed by atoms with Gasteiger partial charge in [-0.2, -0.15) is 0 Å². The van der Waals surface area contributed by atoms with E-state index in [-0.39, 0.29) is 11.8 Å². The highest BCUT2D eigenvalue weighted by molar-refractivity contribution is 5.95. The van der Waals surface area contributed by atoms with Crippen LogP contribution in [-0.2, 0) is 0 Å². The SMILES string of the molecule is COc1cc(C(=O)N2CCC(C(O)c3ccccc3)CC2)cc2c1OCCO2. The monoisotopic (exact) mass is 383 g/mol. The minimum Gasteiger partial charge on any atom is -0.493 e. The van der Waals surface area contributed by atoms with E-state index in [1.165, 1.54) is 0 Å². The minimum absolute atomic E-state index is 0.0528. The summed E-state index contributed by atoms with van der Waals surface area (Å²) in [5.41, 5.74) is 1.46. The molecule has 6 nitrogen and oxygen atoms in total. The molecule has 2 aliphatic heterocycles. The highest BCUT2D eigenvalue weighted by atomic mass is 16.6. The molecule has 1 unspecified atom stereocenters. The molecule has 1 amide bonds. The lowest BCUT2D eigenvalue weighted by atomic mass is 9.87. The van der Waals surface area contributed by atoms with Crippen LogP contribution in [0, 0.1) is 5.92 Å².